The van der Waals surface area contributed by atoms with E-state index in [0.29, 0.717) is 6.54 Å². The lowest BCUT2D eigenvalue weighted by Gasteiger charge is -2.21. The van der Waals surface area contributed by atoms with Crippen molar-refractivity contribution in [2.75, 3.05) is 11.4 Å². The normalized spacial score (nSPS) is 14.2. The molecule has 1 atom stereocenters. The van der Waals surface area contributed by atoms with Crippen molar-refractivity contribution in [1.82, 2.24) is 0 Å². The first-order chi connectivity index (χ1) is 11.5. The first-order valence-electron chi connectivity index (χ1n) is 7.52. The molecule has 124 valence electrons. The number of hydrogen-bond acceptors (Lipinski definition) is 3. The van der Waals surface area contributed by atoms with Gasteiger partial charge in [0, 0.05) is 12.2 Å². The third kappa shape index (κ3) is 3.12. The van der Waals surface area contributed by atoms with Crippen LogP contribution in [0, 0.1) is 5.82 Å². The van der Waals surface area contributed by atoms with E-state index < -0.39 is 17.9 Å². The molecule has 0 unspecified atom stereocenters. The first-order valence-corrected chi connectivity index (χ1v) is 7.90. The molecule has 1 amide bonds. The second kappa shape index (κ2) is 6.61. The van der Waals surface area contributed by atoms with Gasteiger partial charge in [-0.1, -0.05) is 29.8 Å². The van der Waals surface area contributed by atoms with Gasteiger partial charge in [-0.05, 0) is 43.2 Å². The largest absolute Gasteiger partial charge is 0.449 e. The Bertz CT molecular complexity index is 809. The summed E-state index contributed by atoms with van der Waals surface area (Å²) in [6.07, 6.45) is -0.198. The number of carbonyl (C=O) groups excluding carboxylic acids is 2. The Labute approximate surface area is 143 Å². The molecule has 4 nitrogen and oxygen atoms in total. The Morgan fingerprint density at radius 2 is 2.00 bits per heavy atom. The minimum atomic E-state index is -0.968. The molecule has 6 heteroatoms. The Morgan fingerprint density at radius 3 is 2.75 bits per heavy atom. The summed E-state index contributed by atoms with van der Waals surface area (Å²) in [5.74, 6) is -1.60. The van der Waals surface area contributed by atoms with Crippen LogP contribution in [0.15, 0.2) is 42.5 Å². The Balaban J connectivity index is 1.72. The number of halogens is 2. The lowest BCUT2D eigenvalue weighted by atomic mass is 10.2. The van der Waals surface area contributed by atoms with Crippen LogP contribution < -0.4 is 4.90 Å². The molecule has 0 saturated carbocycles. The van der Waals surface area contributed by atoms with Crippen LogP contribution in [0.3, 0.4) is 0 Å². The number of benzene rings is 2. The molecule has 2 aromatic carbocycles. The summed E-state index contributed by atoms with van der Waals surface area (Å²) < 4.78 is 18.3. The maximum atomic E-state index is 13.0. The molecule has 3 rings (SSSR count). The van der Waals surface area contributed by atoms with Crippen LogP contribution in [-0.4, -0.2) is 24.5 Å². The summed E-state index contributed by atoms with van der Waals surface area (Å²) in [5, 5.41) is -0.0498. The van der Waals surface area contributed by atoms with Crippen LogP contribution in [0.2, 0.25) is 5.02 Å². The van der Waals surface area contributed by atoms with Crippen molar-refractivity contribution in [3.05, 3.63) is 64.4 Å². The van der Waals surface area contributed by atoms with Gasteiger partial charge >= 0.3 is 5.97 Å². The van der Waals surface area contributed by atoms with E-state index in [-0.39, 0.29) is 16.5 Å². The third-order valence-corrected chi connectivity index (χ3v) is 4.25. The lowest BCUT2D eigenvalue weighted by Crippen LogP contribution is -2.39. The van der Waals surface area contributed by atoms with Gasteiger partial charge in [-0.15, -0.1) is 0 Å². The van der Waals surface area contributed by atoms with Gasteiger partial charge in [0.05, 0.1) is 10.6 Å². The average molecular weight is 348 g/mol. The highest BCUT2D eigenvalue weighted by molar-refractivity contribution is 6.33. The topological polar surface area (TPSA) is 46.6 Å². The van der Waals surface area contributed by atoms with Gasteiger partial charge in [0.15, 0.2) is 6.10 Å². The van der Waals surface area contributed by atoms with E-state index in [9.17, 15) is 14.0 Å². The molecule has 1 aliphatic heterocycles. The summed E-state index contributed by atoms with van der Waals surface area (Å²) in [6, 6.07) is 11.0. The number of para-hydroxylation sites is 1. The van der Waals surface area contributed by atoms with Crippen molar-refractivity contribution in [3.63, 3.8) is 0 Å². The predicted molar refractivity (Wildman–Crippen MR) is 88.8 cm³/mol. The zero-order chi connectivity index (χ0) is 17.3. The summed E-state index contributed by atoms with van der Waals surface area (Å²) in [4.78, 5) is 26.3. The molecule has 24 heavy (non-hydrogen) atoms. The minimum Gasteiger partial charge on any atom is -0.449 e. The maximum absolute atomic E-state index is 13.0. The standard InChI is InChI=1S/C18H15ClFNO3/c1-11(24-18(23)14-7-6-13(20)10-15(14)19)17(22)21-9-8-12-4-2-3-5-16(12)21/h2-7,10-11H,8-9H2,1H3/t11-/m0/s1. The monoisotopic (exact) mass is 347 g/mol. The van der Waals surface area contributed by atoms with Crippen molar-refractivity contribution in [3.8, 4) is 0 Å². The van der Waals surface area contributed by atoms with Crippen molar-refractivity contribution in [1.29, 1.82) is 0 Å². The fourth-order valence-electron chi connectivity index (χ4n) is 2.72. The van der Waals surface area contributed by atoms with Crippen LogP contribution in [-0.2, 0) is 16.0 Å². The number of amides is 1. The maximum Gasteiger partial charge on any atom is 0.340 e. The predicted octanol–water partition coefficient (Wildman–Crippen LogP) is 3.61. The zero-order valence-corrected chi connectivity index (χ0v) is 13.7. The number of ether oxygens (including phenoxy) is 1. The van der Waals surface area contributed by atoms with Crippen LogP contribution in [0.25, 0.3) is 0 Å². The minimum absolute atomic E-state index is 0.0274. The van der Waals surface area contributed by atoms with Crippen molar-refractivity contribution < 1.29 is 18.7 Å². The van der Waals surface area contributed by atoms with Gasteiger partial charge in [-0.3, -0.25) is 4.79 Å². The van der Waals surface area contributed by atoms with Crippen molar-refractivity contribution >= 4 is 29.2 Å². The molecule has 0 fully saturated rings. The Hall–Kier alpha value is -2.40. The summed E-state index contributed by atoms with van der Waals surface area (Å²) in [6.45, 7) is 2.07. The second-order valence-corrected chi connectivity index (χ2v) is 5.95. The number of nitrogens with zero attached hydrogens (tertiary/aromatic N) is 1. The Kier molecular flexibility index (Phi) is 4.53. The van der Waals surface area contributed by atoms with Gasteiger partial charge in [0.1, 0.15) is 5.82 Å². The molecule has 0 bridgehead atoms. The molecule has 1 aliphatic rings. The number of anilines is 1. The average Bonchev–Trinajstić information content (AvgIpc) is 2.97. The molecular formula is C18H15ClFNO3. The SMILES string of the molecule is C[C@H](OC(=O)c1ccc(F)cc1Cl)C(=O)N1CCc2ccccc21. The molecule has 0 aliphatic carbocycles. The molecule has 0 N–H and O–H groups in total. The van der Waals surface area contributed by atoms with Crippen LogP contribution in [0.5, 0.6) is 0 Å². The van der Waals surface area contributed by atoms with Crippen LogP contribution >= 0.6 is 11.6 Å². The van der Waals surface area contributed by atoms with Gasteiger partial charge < -0.3 is 9.64 Å². The Morgan fingerprint density at radius 1 is 1.25 bits per heavy atom. The van der Waals surface area contributed by atoms with Gasteiger partial charge in [0.25, 0.3) is 5.91 Å². The number of carbonyl (C=O) groups is 2. The van der Waals surface area contributed by atoms with E-state index in [1.165, 1.54) is 13.0 Å². The van der Waals surface area contributed by atoms with E-state index in [2.05, 4.69) is 0 Å². The molecule has 2 aromatic rings. The van der Waals surface area contributed by atoms with Crippen molar-refractivity contribution in [2.45, 2.75) is 19.4 Å². The number of fused-ring (bicyclic) bond motifs is 1. The molecule has 0 aromatic heterocycles. The smallest absolute Gasteiger partial charge is 0.340 e. The number of esters is 1. The lowest BCUT2D eigenvalue weighted by molar-refractivity contribution is -0.126. The molecule has 1 heterocycles. The summed E-state index contributed by atoms with van der Waals surface area (Å²) >= 11 is 5.85. The van der Waals surface area contributed by atoms with Gasteiger partial charge in [-0.2, -0.15) is 0 Å². The van der Waals surface area contributed by atoms with E-state index in [4.69, 9.17) is 16.3 Å². The van der Waals surface area contributed by atoms with Crippen LogP contribution in [0.1, 0.15) is 22.8 Å². The fourth-order valence-corrected chi connectivity index (χ4v) is 2.96. The molecule has 0 saturated heterocycles. The van der Waals surface area contributed by atoms with Crippen molar-refractivity contribution in [2.24, 2.45) is 0 Å². The van der Waals surface area contributed by atoms with Gasteiger partial charge in [0.2, 0.25) is 0 Å². The van der Waals surface area contributed by atoms with E-state index >= 15 is 0 Å². The molecular weight excluding hydrogens is 333 g/mol. The first kappa shape index (κ1) is 16.5. The quantitative estimate of drug-likeness (QED) is 0.797. The van der Waals surface area contributed by atoms with E-state index in [0.717, 1.165) is 29.8 Å². The van der Waals surface area contributed by atoms with Crippen LogP contribution in [0.4, 0.5) is 10.1 Å². The van der Waals surface area contributed by atoms with Gasteiger partial charge in [-0.25, -0.2) is 9.18 Å². The summed E-state index contributed by atoms with van der Waals surface area (Å²) in [7, 11) is 0. The zero-order valence-electron chi connectivity index (χ0n) is 13.0. The van der Waals surface area contributed by atoms with E-state index in [1.54, 1.807) is 4.90 Å². The fraction of sp³-hybridized carbons (Fsp3) is 0.222. The second-order valence-electron chi connectivity index (χ2n) is 5.54. The highest BCUT2D eigenvalue weighted by Gasteiger charge is 2.30. The highest BCUT2D eigenvalue weighted by Crippen LogP contribution is 2.28. The molecule has 0 radical (unpaired) electrons. The third-order valence-electron chi connectivity index (χ3n) is 3.94. The highest BCUT2D eigenvalue weighted by atomic mass is 35.5. The number of hydrogen-bond donors (Lipinski definition) is 0. The van der Waals surface area contributed by atoms with E-state index in [1.807, 2.05) is 24.3 Å². The molecule has 0 spiro atoms. The summed E-state index contributed by atoms with van der Waals surface area (Å²) in [5.41, 5.74) is 1.95. The number of rotatable bonds is 3.